The summed E-state index contributed by atoms with van der Waals surface area (Å²) in [4.78, 5) is 24.9. The number of nitriles is 1. The molecule has 6 aromatic rings. The zero-order valence-electron chi connectivity index (χ0n) is 29.7. The summed E-state index contributed by atoms with van der Waals surface area (Å²) in [5.41, 5.74) is 6.30. The van der Waals surface area contributed by atoms with Gasteiger partial charge in [0.05, 0.1) is 71.9 Å². The first-order valence-electron chi connectivity index (χ1n) is 17.7. The predicted molar refractivity (Wildman–Crippen MR) is 204 cm³/mol. The van der Waals surface area contributed by atoms with Crippen LogP contribution in [0.2, 0.25) is 0 Å². The van der Waals surface area contributed by atoms with Crippen molar-refractivity contribution in [2.75, 3.05) is 50.0 Å². The lowest BCUT2D eigenvalue weighted by Gasteiger charge is -2.24. The van der Waals surface area contributed by atoms with E-state index in [9.17, 15) is 14.0 Å². The molecule has 0 saturated carbocycles. The number of halogens is 1. The quantitative estimate of drug-likeness (QED) is 0.156. The van der Waals surface area contributed by atoms with E-state index in [-0.39, 0.29) is 29.8 Å². The van der Waals surface area contributed by atoms with E-state index in [1.165, 1.54) is 29.2 Å². The number of aromatic nitrogens is 4. The maximum Gasteiger partial charge on any atom is 0.258 e. The smallest absolute Gasteiger partial charge is 0.258 e. The second-order valence-electron chi connectivity index (χ2n) is 12.8. The van der Waals surface area contributed by atoms with Gasteiger partial charge in [0.2, 0.25) is 0 Å². The third-order valence-electron chi connectivity index (χ3n) is 8.96. The Bertz CT molecular complexity index is 2250. The molecule has 2 aliphatic rings. The summed E-state index contributed by atoms with van der Waals surface area (Å²) in [6.45, 7) is 4.71. The maximum atomic E-state index is 13.3. The number of nitrogens with one attached hydrogen (secondary N) is 4. The molecular formula is C41H38FN9O4. The van der Waals surface area contributed by atoms with Crippen molar-refractivity contribution >= 4 is 23.2 Å². The molecule has 0 aliphatic carbocycles. The number of morpholine rings is 2. The highest BCUT2D eigenvalue weighted by Gasteiger charge is 2.18. The lowest BCUT2D eigenvalue weighted by atomic mass is 10.1. The summed E-state index contributed by atoms with van der Waals surface area (Å²) in [6, 6.07) is 30.4. The van der Waals surface area contributed by atoms with Gasteiger partial charge in [-0.05, 0) is 77.9 Å². The molecule has 4 aromatic carbocycles. The van der Waals surface area contributed by atoms with Crippen molar-refractivity contribution in [2.24, 2.45) is 0 Å². The first kappa shape index (κ1) is 36.8. The molecule has 0 spiro atoms. The average molecular weight is 740 g/mol. The highest BCUT2D eigenvalue weighted by molar-refractivity contribution is 6.04. The SMILES string of the molecule is N#Cc1ccc(-n2cc(C(=O)Nc3ccc([C@H]4CNCCO4)cc3)cn2)cc1.O=C(Nc1ccc([C@H]2CNCCO2)cc1)c1cnn(-c2cccc(F)c2)c1. The molecule has 2 fully saturated rings. The van der Waals surface area contributed by atoms with Crippen LogP contribution in [-0.2, 0) is 9.47 Å². The highest BCUT2D eigenvalue weighted by Crippen LogP contribution is 2.23. The summed E-state index contributed by atoms with van der Waals surface area (Å²) >= 11 is 0. The Morgan fingerprint density at radius 2 is 1.22 bits per heavy atom. The van der Waals surface area contributed by atoms with Crippen molar-refractivity contribution in [3.8, 4) is 17.4 Å². The van der Waals surface area contributed by atoms with Crippen molar-refractivity contribution in [3.05, 3.63) is 155 Å². The van der Waals surface area contributed by atoms with Crippen LogP contribution in [-0.4, -0.2) is 70.8 Å². The van der Waals surface area contributed by atoms with Crippen LogP contribution in [0.5, 0.6) is 0 Å². The lowest BCUT2D eigenvalue weighted by molar-refractivity contribution is 0.0276. The Morgan fingerprint density at radius 3 is 1.67 bits per heavy atom. The molecule has 2 amide bonds. The van der Waals surface area contributed by atoms with Gasteiger partial charge < -0.3 is 30.7 Å². The highest BCUT2D eigenvalue weighted by atomic mass is 19.1. The largest absolute Gasteiger partial charge is 0.371 e. The number of rotatable bonds is 8. The van der Waals surface area contributed by atoms with Gasteiger partial charge in [-0.3, -0.25) is 9.59 Å². The number of ether oxygens (including phenoxy) is 2. The molecule has 2 saturated heterocycles. The first-order valence-corrected chi connectivity index (χ1v) is 17.7. The molecule has 4 N–H and O–H groups in total. The zero-order valence-corrected chi connectivity index (χ0v) is 29.7. The maximum absolute atomic E-state index is 13.3. The van der Waals surface area contributed by atoms with Gasteiger partial charge in [0.1, 0.15) is 5.82 Å². The summed E-state index contributed by atoms with van der Waals surface area (Å²) in [6.07, 6.45) is 6.28. The Morgan fingerprint density at radius 1 is 0.709 bits per heavy atom. The van der Waals surface area contributed by atoms with Crippen LogP contribution in [0.1, 0.15) is 49.6 Å². The number of hydrogen-bond donors (Lipinski definition) is 4. The Hall–Kier alpha value is -6.50. The van der Waals surface area contributed by atoms with Crippen LogP contribution in [0.4, 0.5) is 15.8 Å². The van der Waals surface area contributed by atoms with Gasteiger partial charge in [0.15, 0.2) is 0 Å². The van der Waals surface area contributed by atoms with E-state index in [1.54, 1.807) is 53.5 Å². The number of benzene rings is 4. The van der Waals surface area contributed by atoms with Gasteiger partial charge in [0, 0.05) is 49.9 Å². The number of amides is 2. The fourth-order valence-corrected chi connectivity index (χ4v) is 6.00. The van der Waals surface area contributed by atoms with Gasteiger partial charge in [-0.2, -0.15) is 15.5 Å². The van der Waals surface area contributed by atoms with Crippen molar-refractivity contribution in [1.82, 2.24) is 30.2 Å². The summed E-state index contributed by atoms with van der Waals surface area (Å²) in [5.74, 6) is -0.865. The molecule has 8 rings (SSSR count). The molecule has 0 radical (unpaired) electrons. The van der Waals surface area contributed by atoms with Gasteiger partial charge in [-0.25, -0.2) is 13.8 Å². The number of anilines is 2. The number of carbonyl (C=O) groups is 2. The van der Waals surface area contributed by atoms with Crippen LogP contribution in [0.15, 0.2) is 122 Å². The average Bonchev–Trinajstić information content (AvgIpc) is 3.95. The van der Waals surface area contributed by atoms with E-state index in [1.807, 2.05) is 48.5 Å². The summed E-state index contributed by atoms with van der Waals surface area (Å²) in [7, 11) is 0. The van der Waals surface area contributed by atoms with Crippen molar-refractivity contribution in [2.45, 2.75) is 12.2 Å². The fourth-order valence-electron chi connectivity index (χ4n) is 6.00. The molecule has 55 heavy (non-hydrogen) atoms. The van der Waals surface area contributed by atoms with Crippen molar-refractivity contribution in [1.29, 1.82) is 5.26 Å². The van der Waals surface area contributed by atoms with Gasteiger partial charge in [0.25, 0.3) is 11.8 Å². The number of nitrogens with zero attached hydrogens (tertiary/aromatic N) is 5. The monoisotopic (exact) mass is 739 g/mol. The summed E-state index contributed by atoms with van der Waals surface area (Å²) in [5, 5.41) is 29.6. The van der Waals surface area contributed by atoms with Gasteiger partial charge in [-0.15, -0.1) is 0 Å². The molecular weight excluding hydrogens is 702 g/mol. The van der Waals surface area contributed by atoms with Crippen LogP contribution < -0.4 is 21.3 Å². The topological polar surface area (TPSA) is 160 Å². The zero-order chi connectivity index (χ0) is 38.0. The molecule has 0 unspecified atom stereocenters. The van der Waals surface area contributed by atoms with Crippen LogP contribution in [0.25, 0.3) is 11.4 Å². The van der Waals surface area contributed by atoms with E-state index in [0.717, 1.165) is 43.0 Å². The van der Waals surface area contributed by atoms with Gasteiger partial charge in [-0.1, -0.05) is 30.3 Å². The predicted octanol–water partition coefficient (Wildman–Crippen LogP) is 5.58. The van der Waals surface area contributed by atoms with E-state index < -0.39 is 0 Å². The molecule has 13 nitrogen and oxygen atoms in total. The molecule has 2 atom stereocenters. The van der Waals surface area contributed by atoms with E-state index >= 15 is 0 Å². The Balaban J connectivity index is 0.000000169. The Labute approximate surface area is 316 Å². The number of carbonyl (C=O) groups excluding carboxylic acids is 2. The van der Waals surface area contributed by atoms with Gasteiger partial charge >= 0.3 is 0 Å². The molecule has 0 bridgehead atoms. The standard InChI is InChI=1S/C21H19N5O2.C20H19FN4O2/c22-11-15-1-7-19(8-2-15)26-14-17(12-24-26)21(27)25-18-5-3-16(4-6-18)20-13-23-9-10-28-20;21-16-2-1-3-18(10-16)25-13-15(11-23-25)20(26)24-17-6-4-14(5-7-17)19-12-22-8-9-27-19/h1-8,12,14,20,23H,9-10,13H2,(H,25,27);1-7,10-11,13,19,22H,8-9,12H2,(H,24,26)/t20-;19-/m11/s1. The molecule has 278 valence electrons. The molecule has 2 aromatic heterocycles. The Kier molecular flexibility index (Phi) is 11.8. The normalized spacial score (nSPS) is 16.6. The second-order valence-corrected chi connectivity index (χ2v) is 12.8. The third kappa shape index (κ3) is 9.55. The lowest BCUT2D eigenvalue weighted by Crippen LogP contribution is -2.33. The molecule has 2 aliphatic heterocycles. The third-order valence-corrected chi connectivity index (χ3v) is 8.96. The minimum Gasteiger partial charge on any atom is -0.371 e. The van der Waals surface area contributed by atoms with E-state index in [4.69, 9.17) is 14.7 Å². The van der Waals surface area contributed by atoms with Crippen molar-refractivity contribution in [3.63, 3.8) is 0 Å². The molecule has 14 heteroatoms. The van der Waals surface area contributed by atoms with E-state index in [0.29, 0.717) is 47.0 Å². The minimum absolute atomic E-state index is 0.0352. The van der Waals surface area contributed by atoms with E-state index in [2.05, 4.69) is 37.5 Å². The van der Waals surface area contributed by atoms with Crippen LogP contribution in [0.3, 0.4) is 0 Å². The number of hydrogen-bond acceptors (Lipinski definition) is 9. The first-order chi connectivity index (χ1) is 26.9. The summed E-state index contributed by atoms with van der Waals surface area (Å²) < 4.78 is 27.9. The molecule has 4 heterocycles. The van der Waals surface area contributed by atoms with Crippen molar-refractivity contribution < 1.29 is 23.5 Å². The minimum atomic E-state index is -0.355. The van der Waals surface area contributed by atoms with Crippen LogP contribution in [0, 0.1) is 17.1 Å². The second kappa shape index (κ2) is 17.5. The fraction of sp³-hybridized carbons (Fsp3) is 0.195. The van der Waals surface area contributed by atoms with Crippen LogP contribution >= 0.6 is 0 Å².